The second-order valence-electron chi connectivity index (χ2n) is 4.18. The lowest BCUT2D eigenvalue weighted by Crippen LogP contribution is -2.71. The molecule has 0 unspecified atom stereocenters. The molecule has 1 N–H and O–H groups in total. The highest BCUT2D eigenvalue weighted by atomic mass is 19.4. The van der Waals surface area contributed by atoms with Crippen LogP contribution in [0.1, 0.15) is 6.92 Å². The van der Waals surface area contributed by atoms with E-state index in [1.54, 1.807) is 0 Å². The fourth-order valence-electron chi connectivity index (χ4n) is 1.13. The van der Waals surface area contributed by atoms with Crippen molar-refractivity contribution in [3.8, 4) is 0 Å². The number of hydrogen-bond acceptors (Lipinski definition) is 2. The Balaban J connectivity index is 6.03. The van der Waals surface area contributed by atoms with Crippen molar-refractivity contribution in [2.45, 2.75) is 42.6 Å². The van der Waals surface area contributed by atoms with Gasteiger partial charge in [0.25, 0.3) is 0 Å². The first-order valence-corrected chi connectivity index (χ1v) is 5.38. The molecule has 0 aliphatic rings. The van der Waals surface area contributed by atoms with Gasteiger partial charge in [-0.2, -0.15) is 52.7 Å². The summed E-state index contributed by atoms with van der Waals surface area (Å²) in [5.41, 5.74) is 0. The van der Waals surface area contributed by atoms with E-state index in [1.165, 1.54) is 0 Å². The van der Waals surface area contributed by atoms with E-state index in [0.717, 1.165) is 6.92 Å². The fourth-order valence-corrected chi connectivity index (χ4v) is 1.13. The van der Waals surface area contributed by atoms with Crippen LogP contribution >= 0.6 is 0 Å². The normalized spacial score (nSPS) is 15.9. The number of ether oxygens (including phenoxy) is 1. The molecule has 0 aromatic rings. The number of hydrogen-bond donors (Lipinski definition) is 1. The molecule has 0 aliphatic carbocycles. The van der Waals surface area contributed by atoms with Gasteiger partial charge >= 0.3 is 35.7 Å². The summed E-state index contributed by atoms with van der Waals surface area (Å²) < 4.78 is 156. The summed E-state index contributed by atoms with van der Waals surface area (Å²) >= 11 is 0. The lowest BCUT2D eigenvalue weighted by Gasteiger charge is -2.40. The Kier molecular flexibility index (Phi) is 5.63. The number of rotatable bonds is 8. The molecule has 0 aromatic heterocycles. The molecule has 0 aromatic carbocycles. The van der Waals surface area contributed by atoms with Crippen molar-refractivity contribution in [3.63, 3.8) is 0 Å². The van der Waals surface area contributed by atoms with Crippen LogP contribution in [0.2, 0.25) is 0 Å². The number of alkyl halides is 12. The largest absolute Gasteiger partial charge is 0.423 e. The minimum atomic E-state index is -7.74. The van der Waals surface area contributed by atoms with Crippen molar-refractivity contribution in [2.24, 2.45) is 0 Å². The first-order chi connectivity index (χ1) is 9.81. The Hall–Kier alpha value is -0.920. The highest BCUT2D eigenvalue weighted by Gasteiger charge is 2.90. The summed E-state index contributed by atoms with van der Waals surface area (Å²) in [7, 11) is 0. The smallest absolute Gasteiger partial charge is 0.375 e. The zero-order valence-electron chi connectivity index (χ0n) is 10.8. The van der Waals surface area contributed by atoms with E-state index in [1.807, 2.05) is 0 Å². The molecule has 0 rings (SSSR count). The summed E-state index contributed by atoms with van der Waals surface area (Å²) in [5, 5.41) is 7.50. The zero-order valence-corrected chi connectivity index (χ0v) is 10.8. The predicted molar refractivity (Wildman–Crippen MR) is 48.4 cm³/mol. The van der Waals surface area contributed by atoms with Crippen LogP contribution in [-0.4, -0.2) is 54.0 Å². The van der Waals surface area contributed by atoms with E-state index in [0.29, 0.717) is 0 Å². The zero-order chi connectivity index (χ0) is 19.1. The second-order valence-corrected chi connectivity index (χ2v) is 4.18. The molecule has 0 saturated heterocycles. The highest BCUT2D eigenvalue weighted by Crippen LogP contribution is 2.59. The minimum Gasteiger partial charge on any atom is -0.375 e. The first-order valence-electron chi connectivity index (χ1n) is 5.38. The fraction of sp³-hybridized carbons (Fsp3) is 1.00. The van der Waals surface area contributed by atoms with Crippen molar-refractivity contribution in [3.05, 3.63) is 0 Å². The molecular formula is C9H8F12O2. The molecule has 0 aliphatic heterocycles. The van der Waals surface area contributed by atoms with E-state index in [2.05, 4.69) is 4.74 Å². The van der Waals surface area contributed by atoms with E-state index in [9.17, 15) is 52.7 Å². The monoisotopic (exact) mass is 376 g/mol. The minimum absolute atomic E-state index is 0.765. The summed E-state index contributed by atoms with van der Waals surface area (Å²) in [6, 6.07) is 0. The Labute approximate surface area is 120 Å². The van der Waals surface area contributed by atoms with Crippen molar-refractivity contribution in [1.29, 1.82) is 0 Å². The Morgan fingerprint density at radius 3 is 1.30 bits per heavy atom. The van der Waals surface area contributed by atoms with Gasteiger partial charge in [0.15, 0.2) is 0 Å². The van der Waals surface area contributed by atoms with Crippen LogP contribution in [0.15, 0.2) is 0 Å². The molecule has 2 nitrogen and oxygen atoms in total. The SMILES string of the molecule is CCOCC(F)(F)C(F)(F)C(F)(F)C(F)(F)C(F)(F)C(O)(F)F. The lowest BCUT2D eigenvalue weighted by atomic mass is 9.94. The highest BCUT2D eigenvalue weighted by molar-refractivity contribution is 5.10. The quantitative estimate of drug-likeness (QED) is 0.654. The molecule has 0 saturated carbocycles. The molecule has 23 heavy (non-hydrogen) atoms. The topological polar surface area (TPSA) is 29.5 Å². The predicted octanol–water partition coefficient (Wildman–Crippen LogP) is 3.78. The Morgan fingerprint density at radius 2 is 1.00 bits per heavy atom. The third-order valence-electron chi connectivity index (χ3n) is 2.51. The van der Waals surface area contributed by atoms with Crippen molar-refractivity contribution in [1.82, 2.24) is 0 Å². The Bertz CT molecular complexity index is 413. The van der Waals surface area contributed by atoms with Crippen molar-refractivity contribution in [2.75, 3.05) is 13.2 Å². The first kappa shape index (κ1) is 22.1. The molecule has 0 heterocycles. The maximum Gasteiger partial charge on any atom is 0.423 e. The van der Waals surface area contributed by atoms with E-state index in [4.69, 9.17) is 5.11 Å². The van der Waals surface area contributed by atoms with Gasteiger partial charge in [0.1, 0.15) is 6.61 Å². The third kappa shape index (κ3) is 3.19. The van der Waals surface area contributed by atoms with Gasteiger partial charge in [-0.3, -0.25) is 0 Å². The second kappa shape index (κ2) is 5.86. The van der Waals surface area contributed by atoms with Crippen LogP contribution < -0.4 is 0 Å². The maximum atomic E-state index is 13.0. The Morgan fingerprint density at radius 1 is 0.652 bits per heavy atom. The van der Waals surface area contributed by atoms with Crippen molar-refractivity contribution >= 4 is 0 Å². The average molecular weight is 376 g/mol. The third-order valence-corrected chi connectivity index (χ3v) is 2.51. The van der Waals surface area contributed by atoms with Gasteiger partial charge < -0.3 is 9.84 Å². The molecule has 0 atom stereocenters. The molecular weight excluding hydrogens is 368 g/mol. The van der Waals surface area contributed by atoms with Crippen LogP contribution in [0, 0.1) is 0 Å². The van der Waals surface area contributed by atoms with Crippen LogP contribution in [0.4, 0.5) is 52.7 Å². The van der Waals surface area contributed by atoms with E-state index in [-0.39, 0.29) is 0 Å². The summed E-state index contributed by atoms with van der Waals surface area (Å²) in [4.78, 5) is 0. The van der Waals surface area contributed by atoms with Crippen molar-refractivity contribution < 1.29 is 62.5 Å². The van der Waals surface area contributed by atoms with Crippen LogP contribution in [0.5, 0.6) is 0 Å². The standard InChI is InChI=1S/C9H8F12O2/c1-2-23-3-4(10,11)5(12,13)6(14,15)7(16,17)8(18,19)9(20,21)22/h22H,2-3H2,1H3. The lowest BCUT2D eigenvalue weighted by molar-refractivity contribution is -0.452. The summed E-state index contributed by atoms with van der Waals surface area (Å²) in [6.45, 7) is -2.43. The average Bonchev–Trinajstić information content (AvgIpc) is 2.34. The van der Waals surface area contributed by atoms with Gasteiger partial charge in [0, 0.05) is 6.61 Å². The van der Waals surface area contributed by atoms with E-state index >= 15 is 0 Å². The molecule has 0 radical (unpaired) electrons. The maximum absolute atomic E-state index is 13.0. The van der Waals surface area contributed by atoms with Gasteiger partial charge in [-0.05, 0) is 6.92 Å². The number of halogens is 12. The molecule has 14 heteroatoms. The molecule has 0 amide bonds. The van der Waals surface area contributed by atoms with E-state index < -0.39 is 48.9 Å². The van der Waals surface area contributed by atoms with Gasteiger partial charge in [0.2, 0.25) is 0 Å². The van der Waals surface area contributed by atoms with Gasteiger partial charge in [0.05, 0.1) is 0 Å². The molecule has 140 valence electrons. The van der Waals surface area contributed by atoms with Crippen LogP contribution in [0.3, 0.4) is 0 Å². The number of aliphatic hydroxyl groups is 1. The van der Waals surface area contributed by atoms with Crippen LogP contribution in [0.25, 0.3) is 0 Å². The molecule has 0 fully saturated rings. The summed E-state index contributed by atoms with van der Waals surface area (Å²) in [6.07, 6.45) is -6.90. The van der Waals surface area contributed by atoms with Crippen LogP contribution in [-0.2, 0) is 4.74 Å². The summed E-state index contributed by atoms with van der Waals surface area (Å²) in [5.74, 6) is -36.2. The van der Waals surface area contributed by atoms with Gasteiger partial charge in [-0.25, -0.2) is 0 Å². The molecule has 0 bridgehead atoms. The molecule has 0 spiro atoms. The van der Waals surface area contributed by atoms with Gasteiger partial charge in [-0.1, -0.05) is 0 Å². The van der Waals surface area contributed by atoms with Gasteiger partial charge in [-0.15, -0.1) is 0 Å².